The Balaban J connectivity index is 3.44. The van der Waals surface area contributed by atoms with Crippen molar-refractivity contribution in [2.45, 2.75) is 12.5 Å². The van der Waals surface area contributed by atoms with E-state index in [0.29, 0.717) is 0 Å². The summed E-state index contributed by atoms with van der Waals surface area (Å²) in [7, 11) is 0. The quantitative estimate of drug-likeness (QED) is 0.323. The van der Waals surface area contributed by atoms with Crippen LogP contribution < -0.4 is 5.73 Å². The third-order valence-electron chi connectivity index (χ3n) is 2.44. The number of phenolic OH excluding ortho intramolecular Hbond substituents is 1. The number of rotatable bonds is 5. The molecule has 20 heavy (non-hydrogen) atoms. The molecular weight excluding hydrogens is 266 g/mol. The number of nitrogens with two attached hydrogens (primary N) is 1. The molecule has 1 aromatic rings. The van der Waals surface area contributed by atoms with Crippen molar-refractivity contribution >= 4 is 18.0 Å². The fraction of sp³-hybridized carbons (Fsp3) is 0.167. The van der Waals surface area contributed by atoms with Crippen LogP contribution in [0.2, 0.25) is 0 Å². The van der Waals surface area contributed by atoms with Gasteiger partial charge >= 0.3 is 6.09 Å². The Kier molecular flexibility index (Phi) is 4.64. The summed E-state index contributed by atoms with van der Waals surface area (Å²) in [5.74, 6) is 1.78. The fourth-order valence-electron chi connectivity index (χ4n) is 1.61. The number of aromatic hydroxyl groups is 1. The SMILES string of the molecule is C#CCC(OC(N)=O)c1cc(C=N)c(O)cc1[N+](=O)[O-]. The summed E-state index contributed by atoms with van der Waals surface area (Å²) >= 11 is 0. The topological polar surface area (TPSA) is 140 Å². The number of carbonyl (C=O) groups excluding carboxylic acids is 1. The van der Waals surface area contributed by atoms with Crippen LogP contribution in [0.15, 0.2) is 12.1 Å². The van der Waals surface area contributed by atoms with Crippen LogP contribution in [0, 0.1) is 27.9 Å². The van der Waals surface area contributed by atoms with Crippen LogP contribution >= 0.6 is 0 Å². The highest BCUT2D eigenvalue weighted by Gasteiger charge is 2.26. The highest BCUT2D eigenvalue weighted by Crippen LogP contribution is 2.34. The largest absolute Gasteiger partial charge is 0.507 e. The highest BCUT2D eigenvalue weighted by atomic mass is 16.6. The van der Waals surface area contributed by atoms with Crippen molar-refractivity contribution in [2.24, 2.45) is 5.73 Å². The van der Waals surface area contributed by atoms with Crippen molar-refractivity contribution in [3.8, 4) is 18.1 Å². The number of amides is 1. The van der Waals surface area contributed by atoms with E-state index in [0.717, 1.165) is 18.3 Å². The zero-order valence-corrected chi connectivity index (χ0v) is 10.2. The van der Waals surface area contributed by atoms with E-state index < -0.39 is 28.6 Å². The summed E-state index contributed by atoms with van der Waals surface area (Å²) in [6.07, 6.45) is 3.53. The third kappa shape index (κ3) is 3.23. The van der Waals surface area contributed by atoms with Gasteiger partial charge in [0.2, 0.25) is 0 Å². The van der Waals surface area contributed by atoms with Gasteiger partial charge in [0.15, 0.2) is 0 Å². The number of nitrogens with one attached hydrogen (secondary N) is 1. The lowest BCUT2D eigenvalue weighted by Crippen LogP contribution is -2.18. The lowest BCUT2D eigenvalue weighted by atomic mass is 10.0. The molecule has 8 heteroatoms. The van der Waals surface area contributed by atoms with Gasteiger partial charge in [-0.3, -0.25) is 10.1 Å². The van der Waals surface area contributed by atoms with Gasteiger partial charge in [0, 0.05) is 11.8 Å². The van der Waals surface area contributed by atoms with E-state index in [9.17, 15) is 20.0 Å². The van der Waals surface area contributed by atoms with Crippen LogP contribution in [-0.2, 0) is 4.74 Å². The monoisotopic (exact) mass is 277 g/mol. The Labute approximate surface area is 113 Å². The predicted octanol–water partition coefficient (Wildman–Crippen LogP) is 1.46. The molecule has 104 valence electrons. The lowest BCUT2D eigenvalue weighted by Gasteiger charge is -2.15. The molecule has 1 atom stereocenters. The smallest absolute Gasteiger partial charge is 0.405 e. The minimum Gasteiger partial charge on any atom is -0.507 e. The number of hydrogen-bond acceptors (Lipinski definition) is 6. The molecule has 0 fully saturated rings. The molecule has 0 radical (unpaired) electrons. The molecule has 1 unspecified atom stereocenters. The van der Waals surface area contributed by atoms with Crippen molar-refractivity contribution in [2.75, 3.05) is 0 Å². The molecule has 1 amide bonds. The molecule has 0 aromatic heterocycles. The van der Waals surface area contributed by atoms with Gasteiger partial charge in [-0.05, 0) is 6.07 Å². The number of carbonyl (C=O) groups is 1. The first-order valence-corrected chi connectivity index (χ1v) is 5.32. The highest BCUT2D eigenvalue weighted by molar-refractivity contribution is 5.82. The van der Waals surface area contributed by atoms with Gasteiger partial charge in [0.1, 0.15) is 11.9 Å². The second kappa shape index (κ2) is 6.19. The zero-order valence-electron chi connectivity index (χ0n) is 10.2. The maximum atomic E-state index is 11.0. The van der Waals surface area contributed by atoms with E-state index in [4.69, 9.17) is 22.3 Å². The molecule has 0 bridgehead atoms. The average Bonchev–Trinajstić information content (AvgIpc) is 2.37. The number of nitro benzene ring substituents is 1. The normalized spacial score (nSPS) is 11.2. The summed E-state index contributed by atoms with van der Waals surface area (Å²) < 4.78 is 4.74. The second-order valence-corrected chi connectivity index (χ2v) is 3.71. The molecule has 0 spiro atoms. The maximum Gasteiger partial charge on any atom is 0.405 e. The van der Waals surface area contributed by atoms with Gasteiger partial charge in [0.05, 0.1) is 23.0 Å². The number of phenols is 1. The Bertz CT molecular complexity index is 606. The number of hydrogen-bond donors (Lipinski definition) is 3. The average molecular weight is 277 g/mol. The summed E-state index contributed by atoms with van der Waals surface area (Å²) in [5.41, 5.74) is 4.41. The van der Waals surface area contributed by atoms with Crippen molar-refractivity contribution in [3.05, 3.63) is 33.4 Å². The first kappa shape index (κ1) is 15.0. The first-order chi connectivity index (χ1) is 9.40. The Morgan fingerprint density at radius 1 is 1.70 bits per heavy atom. The van der Waals surface area contributed by atoms with Gasteiger partial charge in [-0.2, -0.15) is 0 Å². The summed E-state index contributed by atoms with van der Waals surface area (Å²) in [6, 6.07) is 2.02. The van der Waals surface area contributed by atoms with Crippen molar-refractivity contribution < 1.29 is 19.6 Å². The number of nitro groups is 1. The second-order valence-electron chi connectivity index (χ2n) is 3.71. The molecule has 0 aliphatic carbocycles. The van der Waals surface area contributed by atoms with Crippen LogP contribution in [0.4, 0.5) is 10.5 Å². The number of primary amides is 1. The summed E-state index contributed by atoms with van der Waals surface area (Å²) in [6.45, 7) is 0. The Hall–Kier alpha value is -3.08. The minimum atomic E-state index is -1.14. The number of terminal acetylenes is 1. The minimum absolute atomic E-state index is 0.0284. The standard InChI is InChI=1S/C12H11N3O5/c1-2-3-11(20-12(14)17)8-4-7(6-13)10(16)5-9(8)15(18)19/h1,4-6,11,13,16H,3H2,(H2,14,17). The molecule has 1 rings (SSSR count). The van der Waals surface area contributed by atoms with Gasteiger partial charge in [-0.15, -0.1) is 12.3 Å². The van der Waals surface area contributed by atoms with E-state index in [-0.39, 0.29) is 17.5 Å². The van der Waals surface area contributed by atoms with E-state index in [1.807, 2.05) is 0 Å². The van der Waals surface area contributed by atoms with Gasteiger partial charge in [0.25, 0.3) is 5.69 Å². The zero-order chi connectivity index (χ0) is 15.3. The van der Waals surface area contributed by atoms with E-state index >= 15 is 0 Å². The van der Waals surface area contributed by atoms with Crippen molar-refractivity contribution in [3.63, 3.8) is 0 Å². The summed E-state index contributed by atoms with van der Waals surface area (Å²) in [5, 5.41) is 27.6. The molecule has 0 saturated heterocycles. The molecule has 0 heterocycles. The van der Waals surface area contributed by atoms with Crippen LogP contribution in [0.1, 0.15) is 23.7 Å². The van der Waals surface area contributed by atoms with E-state index in [2.05, 4.69) is 5.92 Å². The van der Waals surface area contributed by atoms with Crippen LogP contribution in [0.25, 0.3) is 0 Å². The molecule has 8 nitrogen and oxygen atoms in total. The Morgan fingerprint density at radius 3 is 2.80 bits per heavy atom. The first-order valence-electron chi connectivity index (χ1n) is 5.32. The predicted molar refractivity (Wildman–Crippen MR) is 69.5 cm³/mol. The van der Waals surface area contributed by atoms with Crippen LogP contribution in [0.5, 0.6) is 5.75 Å². The Morgan fingerprint density at radius 2 is 2.35 bits per heavy atom. The number of ether oxygens (including phenoxy) is 1. The lowest BCUT2D eigenvalue weighted by molar-refractivity contribution is -0.386. The molecule has 1 aromatic carbocycles. The maximum absolute atomic E-state index is 11.0. The molecular formula is C12H11N3O5. The molecule has 4 N–H and O–H groups in total. The van der Waals surface area contributed by atoms with Crippen molar-refractivity contribution in [1.29, 1.82) is 5.41 Å². The van der Waals surface area contributed by atoms with Gasteiger partial charge in [-0.1, -0.05) is 0 Å². The third-order valence-corrected chi connectivity index (χ3v) is 2.44. The van der Waals surface area contributed by atoms with E-state index in [1.54, 1.807) is 0 Å². The number of nitrogens with zero attached hydrogens (tertiary/aromatic N) is 1. The summed E-state index contributed by atoms with van der Waals surface area (Å²) in [4.78, 5) is 21.1. The number of benzene rings is 1. The van der Waals surface area contributed by atoms with E-state index in [1.165, 1.54) is 0 Å². The molecule has 0 aliphatic heterocycles. The van der Waals surface area contributed by atoms with Gasteiger partial charge in [-0.25, -0.2) is 4.79 Å². The van der Waals surface area contributed by atoms with Crippen LogP contribution in [0.3, 0.4) is 0 Å². The fourth-order valence-corrected chi connectivity index (χ4v) is 1.61. The van der Waals surface area contributed by atoms with Crippen molar-refractivity contribution in [1.82, 2.24) is 0 Å². The van der Waals surface area contributed by atoms with Gasteiger partial charge < -0.3 is 21.0 Å². The van der Waals surface area contributed by atoms with Crippen LogP contribution in [-0.4, -0.2) is 22.3 Å². The molecule has 0 saturated carbocycles. The molecule has 0 aliphatic rings.